The van der Waals surface area contributed by atoms with Gasteiger partial charge in [-0.2, -0.15) is 5.10 Å². The quantitative estimate of drug-likeness (QED) is 0.791. The van der Waals surface area contributed by atoms with Gasteiger partial charge in [0, 0.05) is 12.1 Å². The largest absolute Gasteiger partial charge is 0.394 e. The van der Waals surface area contributed by atoms with E-state index in [4.69, 9.17) is 5.73 Å². The average molecular weight is 292 g/mol. The summed E-state index contributed by atoms with van der Waals surface area (Å²) in [7, 11) is -4.60. The van der Waals surface area contributed by atoms with Gasteiger partial charge in [0.25, 0.3) is 10.0 Å². The molecule has 19 heavy (non-hydrogen) atoms. The fourth-order valence-electron chi connectivity index (χ4n) is 1.35. The number of nitrogen functional groups attached to an aromatic ring is 1. The molecule has 2 aromatic rings. The lowest BCUT2D eigenvalue weighted by Gasteiger charge is -2.08. The predicted molar refractivity (Wildman–Crippen MR) is 60.1 cm³/mol. The number of benzene rings is 1. The second kappa shape index (κ2) is 4.46. The molecule has 1 aromatic carbocycles. The van der Waals surface area contributed by atoms with E-state index < -0.39 is 32.4 Å². The van der Waals surface area contributed by atoms with E-state index in [1.54, 1.807) is 0 Å². The standard InChI is InChI=1S/C9H7F3N4O2S/c10-4-1-5(11)8(6(12)2-4)19(17,18)16-9-7(13)3-14-15-9/h1-3H,13H2,(H2,14,15,16). The summed E-state index contributed by atoms with van der Waals surface area (Å²) >= 11 is 0. The van der Waals surface area contributed by atoms with Crippen LogP contribution >= 0.6 is 0 Å². The van der Waals surface area contributed by atoms with Crippen molar-refractivity contribution in [3.63, 3.8) is 0 Å². The number of aromatic amines is 1. The minimum Gasteiger partial charge on any atom is -0.394 e. The Morgan fingerprint density at radius 3 is 2.26 bits per heavy atom. The van der Waals surface area contributed by atoms with Crippen molar-refractivity contribution in [2.45, 2.75) is 4.90 Å². The van der Waals surface area contributed by atoms with E-state index >= 15 is 0 Å². The number of nitrogens with one attached hydrogen (secondary N) is 2. The van der Waals surface area contributed by atoms with E-state index in [0.717, 1.165) is 6.20 Å². The van der Waals surface area contributed by atoms with E-state index in [9.17, 15) is 21.6 Å². The van der Waals surface area contributed by atoms with Gasteiger partial charge >= 0.3 is 0 Å². The lowest BCUT2D eigenvalue weighted by Crippen LogP contribution is -2.17. The van der Waals surface area contributed by atoms with Crippen molar-refractivity contribution in [2.24, 2.45) is 0 Å². The second-order valence-electron chi connectivity index (χ2n) is 3.50. The molecule has 0 bridgehead atoms. The highest BCUT2D eigenvalue weighted by atomic mass is 32.2. The number of aromatic nitrogens is 2. The predicted octanol–water partition coefficient (Wildman–Crippen LogP) is 1.21. The zero-order valence-electron chi connectivity index (χ0n) is 9.12. The lowest BCUT2D eigenvalue weighted by molar-refractivity contribution is 0.498. The molecule has 2 rings (SSSR count). The van der Waals surface area contributed by atoms with E-state index in [1.807, 2.05) is 4.72 Å². The minimum absolute atomic E-state index is 0.0634. The highest BCUT2D eigenvalue weighted by molar-refractivity contribution is 7.92. The monoisotopic (exact) mass is 292 g/mol. The van der Waals surface area contributed by atoms with Crippen molar-refractivity contribution >= 4 is 21.5 Å². The van der Waals surface area contributed by atoms with Crippen LogP contribution in [0.25, 0.3) is 0 Å². The molecule has 0 aliphatic heterocycles. The number of sulfonamides is 1. The number of hydrogen-bond acceptors (Lipinski definition) is 4. The summed E-state index contributed by atoms with van der Waals surface area (Å²) in [6.45, 7) is 0. The number of rotatable bonds is 3. The summed E-state index contributed by atoms with van der Waals surface area (Å²) in [5.41, 5.74) is 5.29. The first-order valence-electron chi connectivity index (χ1n) is 4.77. The molecule has 0 radical (unpaired) electrons. The molecule has 6 nitrogen and oxygen atoms in total. The lowest BCUT2D eigenvalue weighted by atomic mass is 10.3. The van der Waals surface area contributed by atoms with Crippen LogP contribution in [0, 0.1) is 17.5 Å². The molecule has 10 heteroatoms. The molecule has 1 aromatic heterocycles. The Morgan fingerprint density at radius 1 is 1.21 bits per heavy atom. The van der Waals surface area contributed by atoms with Gasteiger partial charge in [0.2, 0.25) is 0 Å². The summed E-state index contributed by atoms with van der Waals surface area (Å²) in [5.74, 6) is -4.58. The van der Waals surface area contributed by atoms with Crippen LogP contribution in [0.5, 0.6) is 0 Å². The van der Waals surface area contributed by atoms with Crippen molar-refractivity contribution < 1.29 is 21.6 Å². The Labute approximate surface area is 105 Å². The smallest absolute Gasteiger partial charge is 0.268 e. The molecule has 0 saturated carbocycles. The molecule has 102 valence electrons. The van der Waals surface area contributed by atoms with Gasteiger partial charge < -0.3 is 5.73 Å². The first kappa shape index (κ1) is 13.2. The molecule has 0 aliphatic rings. The van der Waals surface area contributed by atoms with Crippen LogP contribution in [0.2, 0.25) is 0 Å². The van der Waals surface area contributed by atoms with Crippen LogP contribution in [0.4, 0.5) is 24.7 Å². The van der Waals surface area contributed by atoms with Gasteiger partial charge in [0.1, 0.15) is 17.5 Å². The Bertz CT molecular complexity index is 706. The van der Waals surface area contributed by atoms with Crippen molar-refractivity contribution in [2.75, 3.05) is 10.5 Å². The number of halogens is 3. The average Bonchev–Trinajstić information content (AvgIpc) is 2.61. The topological polar surface area (TPSA) is 101 Å². The van der Waals surface area contributed by atoms with Crippen LogP contribution in [0.15, 0.2) is 23.2 Å². The van der Waals surface area contributed by atoms with Crippen LogP contribution in [0.1, 0.15) is 0 Å². The van der Waals surface area contributed by atoms with Gasteiger partial charge in [0.15, 0.2) is 10.7 Å². The molecule has 0 spiro atoms. The van der Waals surface area contributed by atoms with Gasteiger partial charge in [-0.15, -0.1) is 0 Å². The van der Waals surface area contributed by atoms with E-state index in [-0.39, 0.29) is 23.6 Å². The SMILES string of the molecule is Nc1cn[nH]c1NS(=O)(=O)c1c(F)cc(F)cc1F. The zero-order chi connectivity index (χ0) is 14.2. The molecule has 0 aliphatic carbocycles. The maximum Gasteiger partial charge on any atom is 0.268 e. The van der Waals surface area contributed by atoms with Crippen LogP contribution < -0.4 is 10.5 Å². The molecule has 4 N–H and O–H groups in total. The summed E-state index contributed by atoms with van der Waals surface area (Å²) in [5, 5.41) is 5.63. The molecule has 0 fully saturated rings. The van der Waals surface area contributed by atoms with Crippen LogP contribution in [0.3, 0.4) is 0 Å². The Kier molecular flexibility index (Phi) is 3.10. The van der Waals surface area contributed by atoms with Crippen molar-refractivity contribution in [1.29, 1.82) is 0 Å². The van der Waals surface area contributed by atoms with Gasteiger partial charge in [-0.05, 0) is 0 Å². The summed E-state index contributed by atoms with van der Waals surface area (Å²) in [6, 6.07) is 0.516. The summed E-state index contributed by atoms with van der Waals surface area (Å²) < 4.78 is 64.9. The molecule has 0 saturated heterocycles. The molecule has 0 unspecified atom stereocenters. The number of anilines is 2. The highest BCUT2D eigenvalue weighted by Crippen LogP contribution is 2.24. The Hall–Kier alpha value is -2.23. The maximum absolute atomic E-state index is 13.4. The number of nitrogens with zero attached hydrogens (tertiary/aromatic N) is 1. The first-order chi connectivity index (χ1) is 8.81. The van der Waals surface area contributed by atoms with Crippen molar-refractivity contribution in [3.05, 3.63) is 35.8 Å². The molecular weight excluding hydrogens is 285 g/mol. The first-order valence-corrected chi connectivity index (χ1v) is 6.26. The highest BCUT2D eigenvalue weighted by Gasteiger charge is 2.26. The van der Waals surface area contributed by atoms with Crippen molar-refractivity contribution in [1.82, 2.24) is 10.2 Å². The van der Waals surface area contributed by atoms with Crippen molar-refractivity contribution in [3.8, 4) is 0 Å². The maximum atomic E-state index is 13.4. The molecule has 0 atom stereocenters. The van der Waals surface area contributed by atoms with Crippen LogP contribution in [-0.4, -0.2) is 18.6 Å². The summed E-state index contributed by atoms with van der Waals surface area (Å²) in [6.07, 6.45) is 1.11. The Morgan fingerprint density at radius 2 is 1.79 bits per heavy atom. The zero-order valence-corrected chi connectivity index (χ0v) is 9.93. The molecule has 1 heterocycles. The third-order valence-corrected chi connectivity index (χ3v) is 3.54. The van der Waals surface area contributed by atoms with Gasteiger partial charge in [0.05, 0.1) is 11.9 Å². The summed E-state index contributed by atoms with van der Waals surface area (Å²) in [4.78, 5) is -1.30. The Balaban J connectivity index is 2.49. The molecular formula is C9H7F3N4O2S. The van der Waals surface area contributed by atoms with E-state index in [2.05, 4.69) is 10.2 Å². The van der Waals surface area contributed by atoms with Gasteiger partial charge in [-0.3, -0.25) is 9.82 Å². The van der Waals surface area contributed by atoms with E-state index in [0.29, 0.717) is 0 Å². The number of H-pyrrole nitrogens is 1. The fourth-order valence-corrected chi connectivity index (χ4v) is 2.51. The third kappa shape index (κ3) is 2.47. The van der Waals surface area contributed by atoms with Crippen LogP contribution in [-0.2, 0) is 10.0 Å². The second-order valence-corrected chi connectivity index (χ2v) is 5.12. The molecule has 0 amide bonds. The normalized spacial score (nSPS) is 11.5. The minimum atomic E-state index is -4.60. The number of nitrogens with two attached hydrogens (primary N) is 1. The van der Waals surface area contributed by atoms with Gasteiger partial charge in [-0.1, -0.05) is 0 Å². The van der Waals surface area contributed by atoms with E-state index in [1.165, 1.54) is 0 Å². The fraction of sp³-hybridized carbons (Fsp3) is 0. The van der Waals surface area contributed by atoms with Gasteiger partial charge in [-0.25, -0.2) is 21.6 Å². The third-order valence-electron chi connectivity index (χ3n) is 2.14. The number of hydrogen-bond donors (Lipinski definition) is 3.